The van der Waals surface area contributed by atoms with Gasteiger partial charge in [0.1, 0.15) is 5.69 Å². The first kappa shape index (κ1) is 21.4. The van der Waals surface area contributed by atoms with Crippen LogP contribution in [0.3, 0.4) is 0 Å². The van der Waals surface area contributed by atoms with E-state index in [4.69, 9.17) is 23.2 Å². The molecule has 26 heavy (non-hydrogen) atoms. The Morgan fingerprint density at radius 2 is 1.77 bits per heavy atom. The van der Waals surface area contributed by atoms with Crippen LogP contribution in [-0.4, -0.2) is 6.34 Å². The number of nitrogens with one attached hydrogen (secondary N) is 1. The van der Waals surface area contributed by atoms with E-state index in [2.05, 4.69) is 49.2 Å². The number of halogens is 3. The van der Waals surface area contributed by atoms with Crippen LogP contribution in [0.5, 0.6) is 0 Å². The van der Waals surface area contributed by atoms with Crippen molar-refractivity contribution in [1.82, 2.24) is 0 Å². The van der Waals surface area contributed by atoms with Crippen molar-refractivity contribution in [2.75, 3.05) is 0 Å². The van der Waals surface area contributed by atoms with Gasteiger partial charge in [-0.3, -0.25) is 0 Å². The minimum Gasteiger partial charge on any atom is -1.00 e. The van der Waals surface area contributed by atoms with Gasteiger partial charge in [0.05, 0.1) is 0 Å². The van der Waals surface area contributed by atoms with Crippen LogP contribution in [0.25, 0.3) is 10.8 Å². The molecule has 5 heteroatoms. The highest BCUT2D eigenvalue weighted by molar-refractivity contribution is 6.39. The monoisotopic (exact) mass is 454 g/mol. The normalized spacial score (nSPS) is 16.4. The third kappa shape index (κ3) is 4.51. The Bertz CT molecular complexity index is 830. The highest BCUT2D eigenvalue weighted by atomic mass is 79.9. The zero-order valence-corrected chi connectivity index (χ0v) is 18.4. The first-order valence-corrected chi connectivity index (χ1v) is 9.87. The molecule has 0 amide bonds. The van der Waals surface area contributed by atoms with Crippen LogP contribution < -0.4 is 21.9 Å². The summed E-state index contributed by atoms with van der Waals surface area (Å²) in [4.78, 5) is 5.17. The number of benzene rings is 2. The van der Waals surface area contributed by atoms with E-state index < -0.39 is 0 Å². The van der Waals surface area contributed by atoms with Crippen molar-refractivity contribution in [3.05, 3.63) is 51.8 Å². The summed E-state index contributed by atoms with van der Waals surface area (Å²) in [6, 6.07) is 10.8. The lowest BCUT2D eigenvalue weighted by Crippen LogP contribution is -3.03. The summed E-state index contributed by atoms with van der Waals surface area (Å²) < 4.78 is 0. The highest BCUT2D eigenvalue weighted by Gasteiger charge is 2.29. The van der Waals surface area contributed by atoms with E-state index in [1.807, 2.05) is 6.34 Å². The maximum atomic E-state index is 6.45. The quantitative estimate of drug-likeness (QED) is 0.488. The lowest BCUT2D eigenvalue weighted by atomic mass is 9.94. The van der Waals surface area contributed by atoms with Gasteiger partial charge in [-0.2, -0.15) is 4.99 Å². The Hall–Kier alpha value is -0.870. The van der Waals surface area contributed by atoms with Crippen molar-refractivity contribution in [3.63, 3.8) is 0 Å². The molecule has 1 aliphatic rings. The summed E-state index contributed by atoms with van der Waals surface area (Å²) in [6.45, 7) is 4.40. The standard InChI is InChI=1S/C21H24Cl2N2.BrH/c1-3-4-5-6-7-12-18-17-11-9-8-10-16(17)13-15(2)19(18)25-14-24-20(22)21(25)23;/h8-11,13-14H,3-7,12H2,1-2H3;1H. The third-order valence-corrected chi connectivity index (χ3v) is 5.64. The van der Waals surface area contributed by atoms with Crippen LogP contribution >= 0.6 is 23.2 Å². The van der Waals surface area contributed by atoms with Crippen LogP contribution in [0.2, 0.25) is 0 Å². The number of quaternary nitrogens is 1. The molecule has 2 aromatic carbocycles. The third-order valence-electron chi connectivity index (χ3n) is 4.88. The molecule has 1 N–H and O–H groups in total. The highest BCUT2D eigenvalue weighted by Crippen LogP contribution is 2.31. The fourth-order valence-electron chi connectivity index (χ4n) is 3.64. The molecule has 0 bridgehead atoms. The van der Waals surface area contributed by atoms with E-state index in [0.717, 1.165) is 11.3 Å². The molecule has 140 valence electrons. The molecule has 2 nitrogen and oxygen atoms in total. The molecule has 0 aromatic heterocycles. The first-order valence-electron chi connectivity index (χ1n) is 9.11. The Kier molecular flexibility index (Phi) is 8.15. The average molecular weight is 456 g/mol. The van der Waals surface area contributed by atoms with Crippen LogP contribution in [0, 0.1) is 6.92 Å². The second kappa shape index (κ2) is 9.89. The lowest BCUT2D eigenvalue weighted by molar-refractivity contribution is -0.664. The molecule has 0 saturated carbocycles. The molecule has 1 aliphatic heterocycles. The van der Waals surface area contributed by atoms with E-state index in [9.17, 15) is 0 Å². The van der Waals surface area contributed by atoms with Crippen molar-refractivity contribution in [1.29, 1.82) is 0 Å². The second-order valence-electron chi connectivity index (χ2n) is 6.71. The minimum atomic E-state index is 0. The molecule has 1 heterocycles. The fourth-order valence-corrected chi connectivity index (χ4v) is 3.98. The van der Waals surface area contributed by atoms with E-state index >= 15 is 0 Å². The predicted octanol–water partition coefficient (Wildman–Crippen LogP) is 2.83. The van der Waals surface area contributed by atoms with Gasteiger partial charge < -0.3 is 17.0 Å². The van der Waals surface area contributed by atoms with Gasteiger partial charge in [0.15, 0.2) is 0 Å². The number of nitrogens with zero attached hydrogens (tertiary/aromatic N) is 1. The molecule has 1 unspecified atom stereocenters. The van der Waals surface area contributed by atoms with Crippen molar-refractivity contribution in [3.8, 4) is 0 Å². The number of unbranched alkanes of at least 4 members (excludes halogenated alkanes) is 4. The van der Waals surface area contributed by atoms with Crippen LogP contribution in [0.1, 0.15) is 50.2 Å². The van der Waals surface area contributed by atoms with Crippen molar-refractivity contribution >= 4 is 46.0 Å². The predicted molar refractivity (Wildman–Crippen MR) is 109 cm³/mol. The molecular weight excluding hydrogens is 431 g/mol. The summed E-state index contributed by atoms with van der Waals surface area (Å²) >= 11 is 12.6. The van der Waals surface area contributed by atoms with Crippen LogP contribution in [0.4, 0.5) is 5.69 Å². The summed E-state index contributed by atoms with van der Waals surface area (Å²) in [7, 11) is 0. The van der Waals surface area contributed by atoms with E-state index in [-0.39, 0.29) is 17.0 Å². The minimum absolute atomic E-state index is 0. The summed E-state index contributed by atoms with van der Waals surface area (Å²) in [5, 5.41) is 3.55. The summed E-state index contributed by atoms with van der Waals surface area (Å²) in [5.41, 5.74) is 3.81. The van der Waals surface area contributed by atoms with Crippen molar-refractivity contribution in [2.45, 2.75) is 52.4 Å². The van der Waals surface area contributed by atoms with Gasteiger partial charge in [0, 0.05) is 11.1 Å². The smallest absolute Gasteiger partial charge is 0.249 e. The average Bonchev–Trinajstić information content (AvgIpc) is 2.93. The molecule has 0 aliphatic carbocycles. The number of aliphatic imine (C=N–C) groups is 1. The number of rotatable bonds is 7. The number of hydrogen-bond donors (Lipinski definition) is 1. The SMILES string of the molecule is CCCCCCCc1c([NH+]2C=NC(Cl)=C2Cl)c(C)cc2ccccc12.[Br-]. The van der Waals surface area contributed by atoms with E-state index in [0.29, 0.717) is 10.3 Å². The Morgan fingerprint density at radius 3 is 2.46 bits per heavy atom. The van der Waals surface area contributed by atoms with Gasteiger partial charge in [-0.25, -0.2) is 4.90 Å². The first-order chi connectivity index (χ1) is 12.1. The lowest BCUT2D eigenvalue weighted by Gasteiger charge is -2.18. The van der Waals surface area contributed by atoms with Gasteiger partial charge >= 0.3 is 0 Å². The fraction of sp³-hybridized carbons (Fsp3) is 0.381. The molecular formula is C21H25BrCl2N2. The van der Waals surface area contributed by atoms with Gasteiger partial charge in [-0.1, -0.05) is 68.5 Å². The maximum Gasteiger partial charge on any atom is 0.249 e. The van der Waals surface area contributed by atoms with Crippen molar-refractivity contribution in [2.24, 2.45) is 4.99 Å². The maximum absolute atomic E-state index is 6.45. The molecule has 0 spiro atoms. The molecule has 2 aromatic rings. The summed E-state index contributed by atoms with van der Waals surface area (Å²) in [6.07, 6.45) is 9.22. The largest absolute Gasteiger partial charge is 1.00 e. The van der Waals surface area contributed by atoms with E-state index in [1.54, 1.807) is 0 Å². The van der Waals surface area contributed by atoms with Gasteiger partial charge in [0.25, 0.3) is 0 Å². The van der Waals surface area contributed by atoms with Gasteiger partial charge in [-0.05, 0) is 48.2 Å². The van der Waals surface area contributed by atoms with Gasteiger partial charge in [-0.15, -0.1) is 0 Å². The molecule has 3 rings (SSSR count). The number of fused-ring (bicyclic) bond motifs is 1. The number of hydrogen-bond acceptors (Lipinski definition) is 1. The molecule has 0 saturated heterocycles. The summed E-state index contributed by atoms with van der Waals surface area (Å²) in [5.74, 6) is 0. The zero-order chi connectivity index (χ0) is 17.8. The Morgan fingerprint density at radius 1 is 1.04 bits per heavy atom. The topological polar surface area (TPSA) is 16.8 Å². The molecule has 0 fully saturated rings. The zero-order valence-electron chi connectivity index (χ0n) is 15.3. The number of aryl methyl sites for hydroxylation is 2. The molecule has 0 radical (unpaired) electrons. The van der Waals surface area contributed by atoms with Crippen molar-refractivity contribution < 1.29 is 21.9 Å². The Balaban J connectivity index is 0.00000243. The molecule has 1 atom stereocenters. The van der Waals surface area contributed by atoms with Gasteiger partial charge in [0.2, 0.25) is 16.7 Å². The van der Waals surface area contributed by atoms with E-state index in [1.165, 1.54) is 59.7 Å². The Labute approximate surface area is 176 Å². The van der Waals surface area contributed by atoms with Crippen LogP contribution in [0.15, 0.2) is 45.6 Å². The van der Waals surface area contributed by atoms with Crippen LogP contribution in [-0.2, 0) is 6.42 Å². The second-order valence-corrected chi connectivity index (χ2v) is 7.45.